The zero-order valence-corrected chi connectivity index (χ0v) is 19.2. The van der Waals surface area contributed by atoms with E-state index >= 15 is 0 Å². The van der Waals surface area contributed by atoms with Gasteiger partial charge in [-0.05, 0) is 19.3 Å². The molecule has 1 aliphatic rings. The Kier molecular flexibility index (Phi) is 17.7. The summed E-state index contributed by atoms with van der Waals surface area (Å²) in [4.78, 5) is 0. The van der Waals surface area contributed by atoms with E-state index in [4.69, 9.17) is 14.6 Å². The van der Waals surface area contributed by atoms with Crippen molar-refractivity contribution in [2.24, 2.45) is 0 Å². The van der Waals surface area contributed by atoms with Crippen LogP contribution in [0.3, 0.4) is 0 Å². The van der Waals surface area contributed by atoms with Crippen LogP contribution >= 0.6 is 0 Å². The van der Waals surface area contributed by atoms with Gasteiger partial charge in [-0.25, -0.2) is 0 Å². The first-order valence-electron chi connectivity index (χ1n) is 12.5. The molecule has 0 radical (unpaired) electrons. The van der Waals surface area contributed by atoms with Crippen molar-refractivity contribution in [3.63, 3.8) is 0 Å². The van der Waals surface area contributed by atoms with Gasteiger partial charge in [-0.1, -0.05) is 89.5 Å². The van der Waals surface area contributed by atoms with Crippen LogP contribution < -0.4 is 0 Å². The topological polar surface area (TPSA) is 79.2 Å². The van der Waals surface area contributed by atoms with Crippen molar-refractivity contribution in [2.45, 2.75) is 127 Å². The van der Waals surface area contributed by atoms with Crippen molar-refractivity contribution in [3.8, 4) is 0 Å². The van der Waals surface area contributed by atoms with E-state index in [0.29, 0.717) is 6.61 Å². The second-order valence-electron chi connectivity index (χ2n) is 8.83. The van der Waals surface area contributed by atoms with E-state index in [9.17, 15) is 10.2 Å². The first kappa shape index (κ1) is 27.6. The number of unbranched alkanes of at least 4 members (excludes halogenated alkanes) is 15. The lowest BCUT2D eigenvalue weighted by atomic mass is 10.0. The van der Waals surface area contributed by atoms with Crippen molar-refractivity contribution < 1.29 is 24.8 Å². The van der Waals surface area contributed by atoms with Gasteiger partial charge < -0.3 is 24.8 Å². The van der Waals surface area contributed by atoms with Crippen LogP contribution in [0, 0.1) is 0 Å². The molecular formula is C25H48O5. The molecule has 1 saturated heterocycles. The highest BCUT2D eigenvalue weighted by atomic mass is 16.6. The third kappa shape index (κ3) is 13.1. The van der Waals surface area contributed by atoms with Crippen molar-refractivity contribution in [1.29, 1.82) is 0 Å². The molecule has 0 saturated carbocycles. The van der Waals surface area contributed by atoms with E-state index in [-0.39, 0.29) is 13.2 Å². The molecule has 0 amide bonds. The lowest BCUT2D eigenvalue weighted by Crippen LogP contribution is -2.42. The number of aliphatic hydroxyl groups is 3. The van der Waals surface area contributed by atoms with Gasteiger partial charge in [-0.3, -0.25) is 0 Å². The average molecular weight is 429 g/mol. The maximum atomic E-state index is 9.90. The summed E-state index contributed by atoms with van der Waals surface area (Å²) in [5.74, 6) is 0. The Morgan fingerprint density at radius 2 is 1.30 bits per heavy atom. The second-order valence-corrected chi connectivity index (χ2v) is 8.83. The van der Waals surface area contributed by atoms with E-state index in [1.165, 1.54) is 89.9 Å². The first-order valence-corrected chi connectivity index (χ1v) is 12.5. The maximum Gasteiger partial charge on any atom is 0.114 e. The molecule has 1 aliphatic heterocycles. The fraction of sp³-hybridized carbons (Fsp3) is 0.920. The third-order valence-electron chi connectivity index (χ3n) is 6.09. The lowest BCUT2D eigenvalue weighted by molar-refractivity contribution is -0.0938. The van der Waals surface area contributed by atoms with Crippen LogP contribution in [0.2, 0.25) is 0 Å². The number of allylic oxidation sites excluding steroid dienone is 1. The van der Waals surface area contributed by atoms with E-state index in [1.54, 1.807) is 0 Å². The predicted molar refractivity (Wildman–Crippen MR) is 123 cm³/mol. The van der Waals surface area contributed by atoms with Crippen LogP contribution in [-0.2, 0) is 9.47 Å². The summed E-state index contributed by atoms with van der Waals surface area (Å²) in [7, 11) is 0. The summed E-state index contributed by atoms with van der Waals surface area (Å²) in [5.41, 5.74) is 0. The standard InChI is InChI=1S/C25H48O5/c1-2-3-4-5-6-7-8-9-10-11-12-13-14-15-16-17-18-19-29-25-23(28)21-30-24(25)22(27)20-26/h2,22-28H,1,3-21H2/t22-,23+,24+,25+/m0/s1. The molecule has 0 unspecified atom stereocenters. The van der Waals surface area contributed by atoms with Crippen LogP contribution in [0.25, 0.3) is 0 Å². The summed E-state index contributed by atoms with van der Waals surface area (Å²) >= 11 is 0. The van der Waals surface area contributed by atoms with Crippen LogP contribution in [0.1, 0.15) is 103 Å². The molecule has 4 atom stereocenters. The van der Waals surface area contributed by atoms with Crippen molar-refractivity contribution >= 4 is 0 Å². The molecule has 0 aliphatic carbocycles. The van der Waals surface area contributed by atoms with E-state index < -0.39 is 24.4 Å². The van der Waals surface area contributed by atoms with Crippen LogP contribution in [0.4, 0.5) is 0 Å². The van der Waals surface area contributed by atoms with E-state index in [2.05, 4.69) is 6.58 Å². The Bertz CT molecular complexity index is 390. The van der Waals surface area contributed by atoms with Gasteiger partial charge >= 0.3 is 0 Å². The highest BCUT2D eigenvalue weighted by Crippen LogP contribution is 2.21. The molecule has 1 heterocycles. The minimum Gasteiger partial charge on any atom is -0.394 e. The molecule has 30 heavy (non-hydrogen) atoms. The molecular weight excluding hydrogens is 380 g/mol. The molecule has 0 aromatic rings. The fourth-order valence-electron chi connectivity index (χ4n) is 4.17. The Hall–Kier alpha value is -0.460. The first-order chi connectivity index (χ1) is 14.7. The summed E-state index contributed by atoms with van der Waals surface area (Å²) in [6.45, 7) is 4.10. The van der Waals surface area contributed by atoms with Gasteiger partial charge in [-0.15, -0.1) is 6.58 Å². The Morgan fingerprint density at radius 3 is 1.77 bits per heavy atom. The summed E-state index contributed by atoms with van der Waals surface area (Å²) < 4.78 is 11.1. The number of hydrogen-bond donors (Lipinski definition) is 3. The minimum absolute atomic E-state index is 0.155. The monoisotopic (exact) mass is 428 g/mol. The highest BCUT2D eigenvalue weighted by Gasteiger charge is 2.40. The number of ether oxygens (including phenoxy) is 2. The Balaban J connectivity index is 1.81. The molecule has 5 nitrogen and oxygen atoms in total. The van der Waals surface area contributed by atoms with Gasteiger partial charge in [0.2, 0.25) is 0 Å². The maximum absolute atomic E-state index is 9.90. The smallest absolute Gasteiger partial charge is 0.114 e. The van der Waals surface area contributed by atoms with Gasteiger partial charge in [-0.2, -0.15) is 0 Å². The van der Waals surface area contributed by atoms with Crippen molar-refractivity contribution in [1.82, 2.24) is 0 Å². The van der Waals surface area contributed by atoms with E-state index in [1.807, 2.05) is 6.08 Å². The van der Waals surface area contributed by atoms with Crippen LogP contribution in [0.5, 0.6) is 0 Å². The van der Waals surface area contributed by atoms with Gasteiger partial charge in [0.25, 0.3) is 0 Å². The molecule has 3 N–H and O–H groups in total. The van der Waals surface area contributed by atoms with Gasteiger partial charge in [0.05, 0.1) is 13.2 Å². The minimum atomic E-state index is -1.00. The summed E-state index contributed by atoms with van der Waals surface area (Å²) in [5, 5.41) is 28.7. The SMILES string of the molecule is C=CCCCCCCCCCCCCCCCCCO[C@H]1[C@@H]([C@@H](O)CO)OC[C@H]1O. The second kappa shape index (κ2) is 19.2. The number of hydrogen-bond acceptors (Lipinski definition) is 5. The highest BCUT2D eigenvalue weighted by molar-refractivity contribution is 4.89. The summed E-state index contributed by atoms with van der Waals surface area (Å²) in [6, 6.07) is 0. The zero-order chi connectivity index (χ0) is 21.9. The van der Waals surface area contributed by atoms with Crippen molar-refractivity contribution in [2.75, 3.05) is 19.8 Å². The van der Waals surface area contributed by atoms with Crippen LogP contribution in [0.15, 0.2) is 12.7 Å². The Morgan fingerprint density at radius 1 is 0.833 bits per heavy atom. The average Bonchev–Trinajstić information content (AvgIpc) is 3.12. The number of rotatable bonds is 21. The molecule has 0 aromatic heterocycles. The van der Waals surface area contributed by atoms with Crippen LogP contribution in [-0.4, -0.2) is 59.6 Å². The zero-order valence-electron chi connectivity index (χ0n) is 19.2. The largest absolute Gasteiger partial charge is 0.394 e. The van der Waals surface area contributed by atoms with E-state index in [0.717, 1.165) is 12.8 Å². The lowest BCUT2D eigenvalue weighted by Gasteiger charge is -2.23. The molecule has 5 heteroatoms. The van der Waals surface area contributed by atoms with Gasteiger partial charge in [0, 0.05) is 6.61 Å². The summed E-state index contributed by atoms with van der Waals surface area (Å²) in [6.07, 6.45) is 20.0. The Labute approximate surface area is 184 Å². The third-order valence-corrected chi connectivity index (χ3v) is 6.09. The molecule has 1 fully saturated rings. The predicted octanol–water partition coefficient (Wildman–Crippen LogP) is 4.91. The molecule has 1 rings (SSSR count). The van der Waals surface area contributed by atoms with Gasteiger partial charge in [0.1, 0.15) is 24.4 Å². The van der Waals surface area contributed by atoms with Gasteiger partial charge in [0.15, 0.2) is 0 Å². The normalized spacial score (nSPS) is 22.4. The quantitative estimate of drug-likeness (QED) is 0.179. The molecule has 0 bridgehead atoms. The molecule has 178 valence electrons. The molecule has 0 spiro atoms. The number of aliphatic hydroxyl groups excluding tert-OH is 3. The van der Waals surface area contributed by atoms with Crippen molar-refractivity contribution in [3.05, 3.63) is 12.7 Å². The fourth-order valence-corrected chi connectivity index (χ4v) is 4.17. The molecule has 0 aromatic carbocycles.